The van der Waals surface area contributed by atoms with Gasteiger partial charge in [-0.25, -0.2) is 4.98 Å². The lowest BCUT2D eigenvalue weighted by atomic mass is 10.1. The van der Waals surface area contributed by atoms with Gasteiger partial charge in [-0.3, -0.25) is 4.79 Å². The third kappa shape index (κ3) is 4.73. The van der Waals surface area contributed by atoms with Crippen molar-refractivity contribution in [2.24, 2.45) is 5.92 Å². The van der Waals surface area contributed by atoms with Crippen LogP contribution in [0.3, 0.4) is 0 Å². The fourth-order valence-corrected chi connectivity index (χ4v) is 1.74. The topological polar surface area (TPSA) is 54.0 Å². The molecule has 1 amide bonds. The molecule has 0 aliphatic carbocycles. The van der Waals surface area contributed by atoms with E-state index >= 15 is 0 Å². The Morgan fingerprint density at radius 3 is 2.72 bits per heavy atom. The number of nitrogens with zero attached hydrogens (tertiary/aromatic N) is 1. The van der Waals surface area contributed by atoms with Crippen LogP contribution in [0, 0.1) is 12.8 Å². The molecular formula is C14H23N3O. The van der Waals surface area contributed by atoms with E-state index < -0.39 is 0 Å². The lowest BCUT2D eigenvalue weighted by Crippen LogP contribution is -2.25. The third-order valence-electron chi connectivity index (χ3n) is 2.72. The molecule has 0 aliphatic heterocycles. The van der Waals surface area contributed by atoms with E-state index in [4.69, 9.17) is 0 Å². The number of nitrogens with one attached hydrogen (secondary N) is 2. The highest BCUT2D eigenvalue weighted by atomic mass is 16.1. The van der Waals surface area contributed by atoms with Crippen molar-refractivity contribution in [3.05, 3.63) is 23.4 Å². The highest BCUT2D eigenvalue weighted by molar-refractivity contribution is 5.94. The maximum absolute atomic E-state index is 11.9. The van der Waals surface area contributed by atoms with Crippen LogP contribution in [0.5, 0.6) is 0 Å². The summed E-state index contributed by atoms with van der Waals surface area (Å²) in [5, 5.41) is 5.89. The van der Waals surface area contributed by atoms with Crippen molar-refractivity contribution in [3.8, 4) is 0 Å². The quantitative estimate of drug-likeness (QED) is 0.762. The van der Waals surface area contributed by atoms with E-state index in [0.717, 1.165) is 30.9 Å². The number of aryl methyl sites for hydroxylation is 1. The number of carbonyl (C=O) groups excluding carboxylic acids is 1. The summed E-state index contributed by atoms with van der Waals surface area (Å²) in [6, 6.07) is 3.57. The molecule has 2 N–H and O–H groups in total. The minimum absolute atomic E-state index is 0.0271. The molecule has 4 nitrogen and oxygen atoms in total. The summed E-state index contributed by atoms with van der Waals surface area (Å²) in [6.45, 7) is 6.99. The van der Waals surface area contributed by atoms with Crippen molar-refractivity contribution >= 4 is 11.7 Å². The average Bonchev–Trinajstić information content (AvgIpc) is 2.33. The SMILES string of the molecule is CNc1cc(C(=O)NCCCC(C)C)cc(C)n1. The van der Waals surface area contributed by atoms with E-state index in [1.807, 2.05) is 6.92 Å². The molecule has 0 saturated carbocycles. The van der Waals surface area contributed by atoms with Crippen LogP contribution in [0.15, 0.2) is 12.1 Å². The van der Waals surface area contributed by atoms with E-state index in [1.165, 1.54) is 0 Å². The van der Waals surface area contributed by atoms with Crippen LogP contribution in [-0.4, -0.2) is 24.5 Å². The maximum atomic E-state index is 11.9. The average molecular weight is 249 g/mol. The molecule has 0 spiro atoms. The van der Waals surface area contributed by atoms with Gasteiger partial charge in [0.1, 0.15) is 5.82 Å². The Morgan fingerprint density at radius 1 is 1.39 bits per heavy atom. The van der Waals surface area contributed by atoms with Gasteiger partial charge in [-0.15, -0.1) is 0 Å². The van der Waals surface area contributed by atoms with Crippen LogP contribution >= 0.6 is 0 Å². The molecule has 0 radical (unpaired) electrons. The molecule has 1 aromatic heterocycles. The summed E-state index contributed by atoms with van der Waals surface area (Å²) in [4.78, 5) is 16.2. The van der Waals surface area contributed by atoms with Gasteiger partial charge in [0, 0.05) is 24.8 Å². The van der Waals surface area contributed by atoms with Crippen molar-refractivity contribution in [3.63, 3.8) is 0 Å². The van der Waals surface area contributed by atoms with Gasteiger partial charge in [-0.1, -0.05) is 13.8 Å². The van der Waals surface area contributed by atoms with Crippen LogP contribution in [0.1, 0.15) is 42.7 Å². The summed E-state index contributed by atoms with van der Waals surface area (Å²) in [6.07, 6.45) is 2.16. The second-order valence-corrected chi connectivity index (χ2v) is 4.92. The number of hydrogen-bond donors (Lipinski definition) is 2. The first-order chi connectivity index (χ1) is 8.52. The first-order valence-corrected chi connectivity index (χ1v) is 6.47. The lowest BCUT2D eigenvalue weighted by molar-refractivity contribution is 0.0952. The normalized spacial score (nSPS) is 10.5. The standard InChI is InChI=1S/C14H23N3O/c1-10(2)6-5-7-16-14(18)12-8-11(3)17-13(9-12)15-4/h8-10H,5-7H2,1-4H3,(H,15,17)(H,16,18). The van der Waals surface area contributed by atoms with Gasteiger partial charge >= 0.3 is 0 Å². The molecule has 1 rings (SSSR count). The lowest BCUT2D eigenvalue weighted by Gasteiger charge is -2.08. The second kappa shape index (κ2) is 6.99. The number of pyridine rings is 1. The number of carbonyl (C=O) groups is 1. The Kier molecular flexibility index (Phi) is 5.62. The molecule has 0 bridgehead atoms. The first-order valence-electron chi connectivity index (χ1n) is 6.47. The number of hydrogen-bond acceptors (Lipinski definition) is 3. The van der Waals surface area contributed by atoms with Crippen LogP contribution < -0.4 is 10.6 Å². The zero-order chi connectivity index (χ0) is 13.5. The molecule has 4 heteroatoms. The Labute approximate surface area is 109 Å². The minimum atomic E-state index is -0.0271. The van der Waals surface area contributed by atoms with Gasteiger partial charge in [0.25, 0.3) is 5.91 Å². The molecule has 0 aromatic carbocycles. The van der Waals surface area contributed by atoms with Gasteiger partial charge in [-0.05, 0) is 37.8 Å². The molecule has 1 heterocycles. The highest BCUT2D eigenvalue weighted by Crippen LogP contribution is 2.09. The van der Waals surface area contributed by atoms with Crippen molar-refractivity contribution in [2.75, 3.05) is 18.9 Å². The molecule has 100 valence electrons. The van der Waals surface area contributed by atoms with Gasteiger partial charge in [0.15, 0.2) is 0 Å². The van der Waals surface area contributed by atoms with Crippen LogP contribution in [-0.2, 0) is 0 Å². The van der Waals surface area contributed by atoms with Crippen LogP contribution in [0.4, 0.5) is 5.82 Å². The maximum Gasteiger partial charge on any atom is 0.251 e. The Morgan fingerprint density at radius 2 is 2.11 bits per heavy atom. The Bertz CT molecular complexity index is 402. The van der Waals surface area contributed by atoms with Crippen LogP contribution in [0.25, 0.3) is 0 Å². The molecule has 0 saturated heterocycles. The fourth-order valence-electron chi connectivity index (χ4n) is 1.74. The molecule has 0 fully saturated rings. The second-order valence-electron chi connectivity index (χ2n) is 4.92. The number of rotatable bonds is 6. The fraction of sp³-hybridized carbons (Fsp3) is 0.571. The van der Waals surface area contributed by atoms with Gasteiger partial charge < -0.3 is 10.6 Å². The first kappa shape index (κ1) is 14.5. The smallest absolute Gasteiger partial charge is 0.251 e. The van der Waals surface area contributed by atoms with Gasteiger partial charge in [-0.2, -0.15) is 0 Å². The zero-order valence-electron chi connectivity index (χ0n) is 11.7. The predicted molar refractivity (Wildman–Crippen MR) is 74.9 cm³/mol. The molecule has 0 unspecified atom stereocenters. The Balaban J connectivity index is 2.53. The molecule has 1 aromatic rings. The van der Waals surface area contributed by atoms with Crippen molar-refractivity contribution < 1.29 is 4.79 Å². The molecule has 0 aliphatic rings. The molecular weight excluding hydrogens is 226 g/mol. The third-order valence-corrected chi connectivity index (χ3v) is 2.72. The van der Waals surface area contributed by atoms with E-state index in [2.05, 4.69) is 29.5 Å². The predicted octanol–water partition coefficient (Wildman–Crippen LogP) is 2.60. The Hall–Kier alpha value is -1.58. The van der Waals surface area contributed by atoms with Gasteiger partial charge in [0.2, 0.25) is 0 Å². The van der Waals surface area contributed by atoms with Crippen molar-refractivity contribution in [1.82, 2.24) is 10.3 Å². The summed E-state index contributed by atoms with van der Waals surface area (Å²) in [5.74, 6) is 1.38. The number of amides is 1. The van der Waals surface area contributed by atoms with Gasteiger partial charge in [0.05, 0.1) is 0 Å². The largest absolute Gasteiger partial charge is 0.373 e. The van der Waals surface area contributed by atoms with E-state index in [0.29, 0.717) is 11.5 Å². The van der Waals surface area contributed by atoms with Crippen molar-refractivity contribution in [1.29, 1.82) is 0 Å². The monoisotopic (exact) mass is 249 g/mol. The molecule has 0 atom stereocenters. The van der Waals surface area contributed by atoms with E-state index in [1.54, 1.807) is 19.2 Å². The summed E-state index contributed by atoms with van der Waals surface area (Å²) in [7, 11) is 1.80. The summed E-state index contributed by atoms with van der Waals surface area (Å²) >= 11 is 0. The zero-order valence-corrected chi connectivity index (χ0v) is 11.7. The van der Waals surface area contributed by atoms with Crippen LogP contribution in [0.2, 0.25) is 0 Å². The highest BCUT2D eigenvalue weighted by Gasteiger charge is 2.07. The summed E-state index contributed by atoms with van der Waals surface area (Å²) in [5.41, 5.74) is 1.51. The van der Waals surface area contributed by atoms with Crippen molar-refractivity contribution in [2.45, 2.75) is 33.6 Å². The van der Waals surface area contributed by atoms with E-state index in [9.17, 15) is 4.79 Å². The minimum Gasteiger partial charge on any atom is -0.373 e. The van der Waals surface area contributed by atoms with E-state index in [-0.39, 0.29) is 5.91 Å². The summed E-state index contributed by atoms with van der Waals surface area (Å²) < 4.78 is 0. The number of aromatic nitrogens is 1. The molecule has 18 heavy (non-hydrogen) atoms. The number of anilines is 1.